The van der Waals surface area contributed by atoms with Gasteiger partial charge in [-0.3, -0.25) is 4.79 Å². The Hall–Kier alpha value is -1.20. The van der Waals surface area contributed by atoms with E-state index in [2.05, 4.69) is 12.2 Å². The Morgan fingerprint density at radius 1 is 1.42 bits per heavy atom. The quantitative estimate of drug-likeness (QED) is 0.756. The fourth-order valence-corrected chi connectivity index (χ4v) is 2.53. The van der Waals surface area contributed by atoms with E-state index in [1.165, 1.54) is 18.2 Å². The molecule has 0 saturated carbocycles. The molecular weight excluding hydrogens is 286 g/mol. The lowest BCUT2D eigenvalue weighted by Crippen LogP contribution is -2.14. The van der Waals surface area contributed by atoms with E-state index in [1.54, 1.807) is 11.8 Å². The molecule has 0 aliphatic heterocycles. The van der Waals surface area contributed by atoms with Crippen molar-refractivity contribution >= 4 is 40.9 Å². The molecule has 2 N–H and O–H groups in total. The third kappa shape index (κ3) is 5.53. The van der Waals surface area contributed by atoms with Crippen molar-refractivity contribution in [3.05, 3.63) is 28.8 Å². The van der Waals surface area contributed by atoms with E-state index >= 15 is 0 Å². The van der Waals surface area contributed by atoms with E-state index in [0.29, 0.717) is 11.4 Å². The van der Waals surface area contributed by atoms with Crippen LogP contribution < -0.4 is 5.32 Å². The van der Waals surface area contributed by atoms with Crippen molar-refractivity contribution in [3.63, 3.8) is 0 Å². The molecule has 0 aliphatic carbocycles. The lowest BCUT2D eigenvalue weighted by Gasteiger charge is -2.06. The first-order valence-electron chi connectivity index (χ1n) is 5.95. The number of halogens is 1. The normalized spacial score (nSPS) is 10.2. The largest absolute Gasteiger partial charge is 0.478 e. The zero-order valence-corrected chi connectivity index (χ0v) is 12.2. The average molecular weight is 302 g/mol. The Bertz CT molecular complexity index is 465. The summed E-state index contributed by atoms with van der Waals surface area (Å²) in [5.74, 6) is 0.152. The van der Waals surface area contributed by atoms with Crippen LogP contribution in [0.3, 0.4) is 0 Å². The number of hydrogen-bond acceptors (Lipinski definition) is 3. The number of nitrogens with one attached hydrogen (secondary N) is 1. The Balaban J connectivity index is 2.51. The van der Waals surface area contributed by atoms with Gasteiger partial charge in [0, 0.05) is 5.69 Å². The minimum absolute atomic E-state index is 0.0250. The number of carboxylic acid groups (broad SMARTS) is 1. The minimum Gasteiger partial charge on any atom is -0.478 e. The van der Waals surface area contributed by atoms with Gasteiger partial charge in [0.25, 0.3) is 0 Å². The van der Waals surface area contributed by atoms with Gasteiger partial charge in [0.15, 0.2) is 0 Å². The van der Waals surface area contributed by atoms with Crippen LogP contribution in [0.25, 0.3) is 0 Å². The fourth-order valence-electron chi connectivity index (χ4n) is 1.37. The van der Waals surface area contributed by atoms with E-state index < -0.39 is 5.97 Å². The maximum atomic E-state index is 11.6. The number of anilines is 1. The van der Waals surface area contributed by atoms with Crippen molar-refractivity contribution in [2.24, 2.45) is 0 Å². The molecule has 0 unspecified atom stereocenters. The van der Waals surface area contributed by atoms with E-state index in [-0.39, 0.29) is 16.5 Å². The van der Waals surface area contributed by atoms with Crippen LogP contribution in [0, 0.1) is 0 Å². The molecule has 1 aromatic rings. The van der Waals surface area contributed by atoms with Gasteiger partial charge >= 0.3 is 5.97 Å². The van der Waals surface area contributed by atoms with Crippen molar-refractivity contribution < 1.29 is 14.7 Å². The second-order valence-electron chi connectivity index (χ2n) is 3.95. The fraction of sp³-hybridized carbons (Fsp3) is 0.385. The van der Waals surface area contributed by atoms with Gasteiger partial charge in [0.1, 0.15) is 0 Å². The van der Waals surface area contributed by atoms with Crippen molar-refractivity contribution in [1.29, 1.82) is 0 Å². The molecule has 0 atom stereocenters. The Morgan fingerprint density at radius 2 is 2.16 bits per heavy atom. The molecule has 4 nitrogen and oxygen atoms in total. The summed E-state index contributed by atoms with van der Waals surface area (Å²) in [6.45, 7) is 2.10. The maximum Gasteiger partial charge on any atom is 0.337 e. The number of carbonyl (C=O) groups is 2. The monoisotopic (exact) mass is 301 g/mol. The van der Waals surface area contributed by atoms with Gasteiger partial charge in [-0.05, 0) is 30.4 Å². The summed E-state index contributed by atoms with van der Waals surface area (Å²) >= 11 is 7.39. The van der Waals surface area contributed by atoms with E-state index in [4.69, 9.17) is 16.7 Å². The number of thioether (sulfide) groups is 1. The highest BCUT2D eigenvalue weighted by Crippen LogP contribution is 2.21. The molecule has 0 spiro atoms. The van der Waals surface area contributed by atoms with Crippen LogP contribution in [0.15, 0.2) is 18.2 Å². The molecule has 0 aliphatic rings. The standard InChI is InChI=1S/C13H16ClNO3S/c1-2-3-6-19-8-12(16)15-9-4-5-10(13(17)18)11(14)7-9/h4-5,7H,2-3,6,8H2,1H3,(H,15,16)(H,17,18). The Labute approximate surface area is 121 Å². The molecule has 6 heteroatoms. The molecule has 104 valence electrons. The van der Waals surface area contributed by atoms with Crippen molar-refractivity contribution in [1.82, 2.24) is 0 Å². The predicted octanol–water partition coefficient (Wildman–Crippen LogP) is 3.51. The van der Waals surface area contributed by atoms with Crippen LogP contribution in [0.5, 0.6) is 0 Å². The first-order valence-corrected chi connectivity index (χ1v) is 7.48. The van der Waals surface area contributed by atoms with Gasteiger partial charge in [-0.15, -0.1) is 0 Å². The molecule has 0 fully saturated rings. The Kier molecular flexibility index (Phi) is 6.73. The maximum absolute atomic E-state index is 11.6. The molecule has 1 rings (SSSR count). The summed E-state index contributed by atoms with van der Waals surface area (Å²) in [7, 11) is 0. The minimum atomic E-state index is -1.09. The van der Waals surface area contributed by atoms with Gasteiger partial charge in [-0.2, -0.15) is 11.8 Å². The van der Waals surface area contributed by atoms with Gasteiger partial charge < -0.3 is 10.4 Å². The zero-order valence-electron chi connectivity index (χ0n) is 10.6. The second kappa shape index (κ2) is 8.07. The number of hydrogen-bond donors (Lipinski definition) is 2. The number of unbranched alkanes of at least 4 members (excludes halogenated alkanes) is 1. The van der Waals surface area contributed by atoms with Gasteiger partial charge in [-0.1, -0.05) is 24.9 Å². The van der Waals surface area contributed by atoms with Crippen LogP contribution in [0.1, 0.15) is 30.1 Å². The lowest BCUT2D eigenvalue weighted by molar-refractivity contribution is -0.113. The number of carboxylic acids is 1. The average Bonchev–Trinajstić information content (AvgIpc) is 2.34. The molecule has 0 heterocycles. The van der Waals surface area contributed by atoms with E-state index in [0.717, 1.165) is 18.6 Å². The summed E-state index contributed by atoms with van der Waals surface area (Å²) < 4.78 is 0. The van der Waals surface area contributed by atoms with Crippen LogP contribution in [0.4, 0.5) is 5.69 Å². The predicted molar refractivity (Wildman–Crippen MR) is 79.3 cm³/mol. The number of aromatic carboxylic acids is 1. The highest BCUT2D eigenvalue weighted by Gasteiger charge is 2.10. The topological polar surface area (TPSA) is 66.4 Å². The second-order valence-corrected chi connectivity index (χ2v) is 5.47. The third-order valence-electron chi connectivity index (χ3n) is 2.36. The molecule has 0 radical (unpaired) electrons. The van der Waals surface area contributed by atoms with Gasteiger partial charge in [0.2, 0.25) is 5.91 Å². The summed E-state index contributed by atoms with van der Waals surface area (Å²) in [6.07, 6.45) is 2.21. The lowest BCUT2D eigenvalue weighted by atomic mass is 10.2. The van der Waals surface area contributed by atoms with Gasteiger partial charge in [0.05, 0.1) is 16.3 Å². The summed E-state index contributed by atoms with van der Waals surface area (Å²) in [5.41, 5.74) is 0.535. The van der Waals surface area contributed by atoms with Gasteiger partial charge in [-0.25, -0.2) is 4.79 Å². The van der Waals surface area contributed by atoms with Crippen molar-refractivity contribution in [2.75, 3.05) is 16.8 Å². The van der Waals surface area contributed by atoms with Crippen molar-refractivity contribution in [3.8, 4) is 0 Å². The molecule has 0 aromatic heterocycles. The summed E-state index contributed by atoms with van der Waals surface area (Å²) in [4.78, 5) is 22.4. The molecule has 0 bridgehead atoms. The number of benzene rings is 1. The first-order chi connectivity index (χ1) is 9.04. The molecule has 1 amide bonds. The van der Waals surface area contributed by atoms with Crippen LogP contribution >= 0.6 is 23.4 Å². The van der Waals surface area contributed by atoms with E-state index in [1.807, 2.05) is 0 Å². The summed E-state index contributed by atoms with van der Waals surface area (Å²) in [5, 5.41) is 11.6. The molecule has 0 saturated heterocycles. The number of amides is 1. The highest BCUT2D eigenvalue weighted by molar-refractivity contribution is 7.99. The smallest absolute Gasteiger partial charge is 0.337 e. The molecular formula is C13H16ClNO3S. The Morgan fingerprint density at radius 3 is 2.74 bits per heavy atom. The first kappa shape index (κ1) is 15.9. The van der Waals surface area contributed by atoms with Crippen molar-refractivity contribution in [2.45, 2.75) is 19.8 Å². The SMILES string of the molecule is CCCCSCC(=O)Nc1ccc(C(=O)O)c(Cl)c1. The molecule has 19 heavy (non-hydrogen) atoms. The number of rotatable bonds is 7. The number of carbonyl (C=O) groups excluding carboxylic acids is 1. The van der Waals surface area contributed by atoms with Crippen LogP contribution in [-0.4, -0.2) is 28.5 Å². The summed E-state index contributed by atoms with van der Waals surface area (Å²) in [6, 6.07) is 4.36. The van der Waals surface area contributed by atoms with Crippen LogP contribution in [0.2, 0.25) is 5.02 Å². The molecule has 1 aromatic carbocycles. The third-order valence-corrected chi connectivity index (χ3v) is 3.72. The zero-order chi connectivity index (χ0) is 14.3. The highest BCUT2D eigenvalue weighted by atomic mass is 35.5. The van der Waals surface area contributed by atoms with Crippen LogP contribution in [-0.2, 0) is 4.79 Å². The van der Waals surface area contributed by atoms with E-state index in [9.17, 15) is 9.59 Å².